The summed E-state index contributed by atoms with van der Waals surface area (Å²) in [6, 6.07) is 0.665. The molecule has 0 aliphatic carbocycles. The van der Waals surface area contributed by atoms with E-state index in [4.69, 9.17) is 10.8 Å². The van der Waals surface area contributed by atoms with Crippen molar-refractivity contribution in [3.05, 3.63) is 12.3 Å². The first-order chi connectivity index (χ1) is 7.58. The molecule has 2 atom stereocenters. The van der Waals surface area contributed by atoms with Crippen LogP contribution in [0.15, 0.2) is 12.3 Å². The lowest BCUT2D eigenvalue weighted by atomic mass is 9.98. The number of amides is 1. The second-order valence-corrected chi connectivity index (χ2v) is 3.77. The van der Waals surface area contributed by atoms with Crippen LogP contribution in [0.1, 0.15) is 6.42 Å². The molecule has 2 heterocycles. The minimum absolute atomic E-state index is 0.112. The first-order valence-corrected chi connectivity index (χ1v) is 4.89. The predicted octanol–water partition coefficient (Wildman–Crippen LogP) is -0.747. The fourth-order valence-corrected chi connectivity index (χ4v) is 1.69. The molecule has 0 radical (unpaired) electrons. The molecule has 7 nitrogen and oxygen atoms in total. The van der Waals surface area contributed by atoms with Crippen LogP contribution >= 0.6 is 0 Å². The van der Waals surface area contributed by atoms with Crippen LogP contribution in [0.5, 0.6) is 0 Å². The molecule has 2 rings (SSSR count). The fourth-order valence-electron chi connectivity index (χ4n) is 1.69. The molecule has 0 saturated carbocycles. The third kappa shape index (κ3) is 1.89. The first-order valence-electron chi connectivity index (χ1n) is 4.89. The van der Waals surface area contributed by atoms with Crippen LogP contribution in [0.4, 0.5) is 5.82 Å². The minimum Gasteiger partial charge on any atom is -0.480 e. The number of aromatic nitrogens is 2. The summed E-state index contributed by atoms with van der Waals surface area (Å²) in [6.45, 7) is 0.370. The van der Waals surface area contributed by atoms with E-state index >= 15 is 0 Å². The molecule has 0 bridgehead atoms. The van der Waals surface area contributed by atoms with Crippen molar-refractivity contribution in [2.24, 2.45) is 11.7 Å². The van der Waals surface area contributed by atoms with Gasteiger partial charge >= 0.3 is 5.97 Å². The maximum Gasteiger partial charge on any atom is 0.320 e. The van der Waals surface area contributed by atoms with Gasteiger partial charge in [0, 0.05) is 6.07 Å². The Kier molecular flexibility index (Phi) is 2.61. The van der Waals surface area contributed by atoms with Crippen LogP contribution in [0, 0.1) is 5.92 Å². The van der Waals surface area contributed by atoms with E-state index in [2.05, 4.69) is 10.4 Å². The lowest BCUT2D eigenvalue weighted by Gasteiger charge is -2.24. The zero-order chi connectivity index (χ0) is 11.7. The Balaban J connectivity index is 2.08. The van der Waals surface area contributed by atoms with E-state index in [9.17, 15) is 9.59 Å². The highest BCUT2D eigenvalue weighted by Crippen LogP contribution is 2.20. The Hall–Kier alpha value is -1.89. The first kappa shape index (κ1) is 10.6. The molecular weight excluding hydrogens is 212 g/mol. The average molecular weight is 224 g/mol. The number of hydrogen-bond donors (Lipinski definition) is 3. The number of carbonyl (C=O) groups excluding carboxylic acids is 1. The SMILES string of the molecule is N[C@@H](CC1Cn2nccc2NC1=O)C(=O)O. The van der Waals surface area contributed by atoms with Crippen LogP contribution in [0.2, 0.25) is 0 Å². The number of nitrogens with one attached hydrogen (secondary N) is 1. The van der Waals surface area contributed by atoms with E-state index in [1.54, 1.807) is 16.9 Å². The molecule has 1 aromatic rings. The number of nitrogens with zero attached hydrogens (tertiary/aromatic N) is 2. The molecule has 1 aliphatic heterocycles. The lowest BCUT2D eigenvalue weighted by Crippen LogP contribution is -2.40. The van der Waals surface area contributed by atoms with Gasteiger partial charge in [-0.25, -0.2) is 4.68 Å². The number of carboxylic acids is 1. The summed E-state index contributed by atoms with van der Waals surface area (Å²) >= 11 is 0. The van der Waals surface area contributed by atoms with Crippen LogP contribution in [-0.4, -0.2) is 32.8 Å². The van der Waals surface area contributed by atoms with Gasteiger partial charge < -0.3 is 16.2 Å². The summed E-state index contributed by atoms with van der Waals surface area (Å²) in [5, 5.41) is 15.3. The van der Waals surface area contributed by atoms with E-state index in [-0.39, 0.29) is 12.3 Å². The molecule has 0 aromatic carbocycles. The highest BCUT2D eigenvalue weighted by atomic mass is 16.4. The van der Waals surface area contributed by atoms with Crippen LogP contribution in [-0.2, 0) is 16.1 Å². The van der Waals surface area contributed by atoms with E-state index in [0.717, 1.165) is 0 Å². The molecule has 1 aliphatic rings. The lowest BCUT2D eigenvalue weighted by molar-refractivity contribution is -0.139. The largest absolute Gasteiger partial charge is 0.480 e. The average Bonchev–Trinajstić information content (AvgIpc) is 2.65. The number of anilines is 1. The molecule has 0 fully saturated rings. The third-order valence-electron chi connectivity index (χ3n) is 2.59. The Bertz CT molecular complexity index is 428. The number of aliphatic carboxylic acids is 1. The van der Waals surface area contributed by atoms with Gasteiger partial charge in [0.15, 0.2) is 0 Å². The second kappa shape index (κ2) is 3.93. The van der Waals surface area contributed by atoms with Gasteiger partial charge in [0.25, 0.3) is 0 Å². The third-order valence-corrected chi connectivity index (χ3v) is 2.59. The zero-order valence-corrected chi connectivity index (χ0v) is 8.46. The molecule has 1 aromatic heterocycles. The van der Waals surface area contributed by atoms with Crippen LogP contribution in [0.25, 0.3) is 0 Å². The van der Waals surface area contributed by atoms with Crippen molar-refractivity contribution in [3.63, 3.8) is 0 Å². The summed E-state index contributed by atoms with van der Waals surface area (Å²) in [7, 11) is 0. The van der Waals surface area contributed by atoms with Crippen molar-refractivity contribution in [1.29, 1.82) is 0 Å². The molecule has 86 valence electrons. The Labute approximate surface area is 91.2 Å². The van der Waals surface area contributed by atoms with Crippen molar-refractivity contribution in [1.82, 2.24) is 9.78 Å². The van der Waals surface area contributed by atoms with Gasteiger partial charge in [-0.15, -0.1) is 0 Å². The number of carboxylic acid groups (broad SMARTS) is 1. The van der Waals surface area contributed by atoms with Crippen molar-refractivity contribution >= 4 is 17.7 Å². The summed E-state index contributed by atoms with van der Waals surface area (Å²) in [5.41, 5.74) is 5.40. The smallest absolute Gasteiger partial charge is 0.320 e. The topological polar surface area (TPSA) is 110 Å². The molecule has 0 saturated heterocycles. The summed E-state index contributed by atoms with van der Waals surface area (Å²) in [5.74, 6) is -1.12. The Morgan fingerprint density at radius 1 is 1.81 bits per heavy atom. The van der Waals surface area contributed by atoms with Crippen molar-refractivity contribution in [2.45, 2.75) is 19.0 Å². The number of fused-ring (bicyclic) bond motifs is 1. The van der Waals surface area contributed by atoms with Crippen molar-refractivity contribution < 1.29 is 14.7 Å². The van der Waals surface area contributed by atoms with Crippen molar-refractivity contribution in [2.75, 3.05) is 5.32 Å². The van der Waals surface area contributed by atoms with E-state index in [1.807, 2.05) is 0 Å². The minimum atomic E-state index is -1.10. The molecule has 0 spiro atoms. The molecule has 1 unspecified atom stereocenters. The quantitative estimate of drug-likeness (QED) is 0.626. The highest BCUT2D eigenvalue weighted by Gasteiger charge is 2.29. The number of nitrogens with two attached hydrogens (primary N) is 1. The van der Waals surface area contributed by atoms with E-state index in [1.165, 1.54) is 0 Å². The van der Waals surface area contributed by atoms with E-state index < -0.39 is 17.9 Å². The molecule has 7 heteroatoms. The van der Waals surface area contributed by atoms with Gasteiger partial charge in [0.2, 0.25) is 5.91 Å². The van der Waals surface area contributed by atoms with Crippen LogP contribution < -0.4 is 11.1 Å². The highest BCUT2D eigenvalue weighted by molar-refractivity contribution is 5.93. The summed E-state index contributed by atoms with van der Waals surface area (Å²) in [6.07, 6.45) is 1.69. The summed E-state index contributed by atoms with van der Waals surface area (Å²) < 4.78 is 1.63. The number of hydrogen-bond acceptors (Lipinski definition) is 4. The molecule has 16 heavy (non-hydrogen) atoms. The molecular formula is C9H12N4O3. The Morgan fingerprint density at radius 3 is 3.25 bits per heavy atom. The van der Waals surface area contributed by atoms with Gasteiger partial charge in [-0.05, 0) is 6.42 Å². The maximum atomic E-state index is 11.6. The standard InChI is InChI=1S/C9H12N4O3/c10-6(9(15)16)3-5-4-13-7(1-2-11-13)12-8(5)14/h1-2,5-6H,3-4,10H2,(H,12,14)(H,15,16)/t5?,6-/m0/s1. The fraction of sp³-hybridized carbons (Fsp3) is 0.444. The maximum absolute atomic E-state index is 11.6. The molecule has 1 amide bonds. The second-order valence-electron chi connectivity index (χ2n) is 3.77. The van der Waals surface area contributed by atoms with Gasteiger partial charge in [-0.2, -0.15) is 5.10 Å². The summed E-state index contributed by atoms with van der Waals surface area (Å²) in [4.78, 5) is 22.2. The van der Waals surface area contributed by atoms with E-state index in [0.29, 0.717) is 12.4 Å². The van der Waals surface area contributed by atoms with Gasteiger partial charge in [-0.3, -0.25) is 9.59 Å². The number of carbonyl (C=O) groups is 2. The monoisotopic (exact) mass is 224 g/mol. The van der Waals surface area contributed by atoms with Crippen LogP contribution in [0.3, 0.4) is 0 Å². The zero-order valence-electron chi connectivity index (χ0n) is 8.46. The van der Waals surface area contributed by atoms with Gasteiger partial charge in [-0.1, -0.05) is 0 Å². The Morgan fingerprint density at radius 2 is 2.56 bits per heavy atom. The van der Waals surface area contributed by atoms with Gasteiger partial charge in [0.05, 0.1) is 18.7 Å². The molecule has 4 N–H and O–H groups in total. The predicted molar refractivity (Wildman–Crippen MR) is 54.6 cm³/mol. The normalized spacial score (nSPS) is 21.1. The number of rotatable bonds is 3. The van der Waals surface area contributed by atoms with Gasteiger partial charge in [0.1, 0.15) is 11.9 Å². The van der Waals surface area contributed by atoms with Crippen molar-refractivity contribution in [3.8, 4) is 0 Å².